The van der Waals surface area contributed by atoms with E-state index in [-0.39, 0.29) is 23.2 Å². The minimum Gasteiger partial charge on any atom is -0.507 e. The van der Waals surface area contributed by atoms with Crippen LogP contribution >= 0.6 is 0 Å². The minimum absolute atomic E-state index is 0.0258. The monoisotopic (exact) mass is 274 g/mol. The molecule has 20 heavy (non-hydrogen) atoms. The largest absolute Gasteiger partial charge is 0.507 e. The van der Waals surface area contributed by atoms with Crippen molar-refractivity contribution in [2.75, 3.05) is 0 Å². The van der Waals surface area contributed by atoms with Gasteiger partial charge in [-0.1, -0.05) is 19.9 Å². The smallest absolute Gasteiger partial charge is 0.338 e. The van der Waals surface area contributed by atoms with Gasteiger partial charge < -0.3 is 9.84 Å². The number of esters is 1. The van der Waals surface area contributed by atoms with Gasteiger partial charge in [0.05, 0.1) is 11.7 Å². The average molecular weight is 274 g/mol. The Kier molecular flexibility index (Phi) is 3.89. The number of phenolic OH excluding ortho intramolecular Hbond substituents is 1. The second kappa shape index (κ2) is 5.31. The van der Waals surface area contributed by atoms with Crippen molar-refractivity contribution >= 4 is 11.5 Å². The highest BCUT2D eigenvalue weighted by atomic mass is 16.5. The summed E-state index contributed by atoms with van der Waals surface area (Å²) in [6, 6.07) is 4.91. The van der Waals surface area contributed by atoms with Crippen LogP contribution in [0, 0.1) is 5.41 Å². The summed E-state index contributed by atoms with van der Waals surface area (Å²) in [7, 11) is 0. The molecule has 1 aromatic carbocycles. The zero-order valence-electron chi connectivity index (χ0n) is 12.6. The van der Waals surface area contributed by atoms with Gasteiger partial charge in [0.1, 0.15) is 5.75 Å². The predicted molar refractivity (Wildman–Crippen MR) is 79.7 cm³/mol. The Bertz CT molecular complexity index is 553. The number of carbonyl (C=O) groups is 1. The lowest BCUT2D eigenvalue weighted by atomic mass is 9.81. The third-order valence-corrected chi connectivity index (χ3v) is 3.71. The molecule has 0 fully saturated rings. The summed E-state index contributed by atoms with van der Waals surface area (Å²) in [6.07, 6.45) is 4.05. The first-order chi connectivity index (χ1) is 9.31. The highest BCUT2D eigenvalue weighted by Gasteiger charge is 2.30. The van der Waals surface area contributed by atoms with E-state index in [1.165, 1.54) is 0 Å². The second-order valence-corrected chi connectivity index (χ2v) is 6.23. The van der Waals surface area contributed by atoms with Crippen LogP contribution in [0.1, 0.15) is 56.5 Å². The van der Waals surface area contributed by atoms with E-state index in [0.29, 0.717) is 5.56 Å². The van der Waals surface area contributed by atoms with Crippen molar-refractivity contribution in [1.29, 1.82) is 0 Å². The molecule has 0 atom stereocenters. The van der Waals surface area contributed by atoms with Crippen LogP contribution in [0.3, 0.4) is 0 Å². The van der Waals surface area contributed by atoms with E-state index in [0.717, 1.165) is 24.0 Å². The van der Waals surface area contributed by atoms with Crippen LogP contribution in [0.15, 0.2) is 24.3 Å². The average Bonchev–Trinajstić information content (AvgIpc) is 2.68. The van der Waals surface area contributed by atoms with E-state index >= 15 is 0 Å². The first kappa shape index (κ1) is 14.6. The Balaban J connectivity index is 2.38. The lowest BCUT2D eigenvalue weighted by Crippen LogP contribution is -2.13. The number of aromatic hydroxyl groups is 1. The molecular weight excluding hydrogens is 252 g/mol. The molecule has 1 aliphatic carbocycles. The Morgan fingerprint density at radius 1 is 1.35 bits per heavy atom. The maximum atomic E-state index is 12.0. The highest BCUT2D eigenvalue weighted by molar-refractivity contribution is 5.91. The summed E-state index contributed by atoms with van der Waals surface area (Å²) in [6.45, 7) is 7.96. The normalized spacial score (nSPS) is 17.1. The van der Waals surface area contributed by atoms with E-state index in [1.54, 1.807) is 18.2 Å². The van der Waals surface area contributed by atoms with Crippen molar-refractivity contribution in [3.8, 4) is 5.75 Å². The van der Waals surface area contributed by atoms with Crippen molar-refractivity contribution in [2.24, 2.45) is 5.41 Å². The van der Waals surface area contributed by atoms with Gasteiger partial charge >= 0.3 is 5.97 Å². The lowest BCUT2D eigenvalue weighted by molar-refractivity contribution is 0.0378. The van der Waals surface area contributed by atoms with Crippen LogP contribution in [-0.2, 0) is 4.74 Å². The number of allylic oxidation sites excluding steroid dienone is 2. The fourth-order valence-corrected chi connectivity index (χ4v) is 2.62. The highest BCUT2D eigenvalue weighted by Crippen LogP contribution is 2.46. The van der Waals surface area contributed by atoms with Crippen molar-refractivity contribution in [2.45, 2.75) is 46.6 Å². The third-order valence-electron chi connectivity index (χ3n) is 3.71. The van der Waals surface area contributed by atoms with Gasteiger partial charge in [-0.25, -0.2) is 4.79 Å². The topological polar surface area (TPSA) is 46.5 Å². The van der Waals surface area contributed by atoms with E-state index in [9.17, 15) is 9.90 Å². The van der Waals surface area contributed by atoms with Crippen molar-refractivity contribution in [3.63, 3.8) is 0 Å². The van der Waals surface area contributed by atoms with Gasteiger partial charge in [0, 0.05) is 5.56 Å². The molecule has 3 heteroatoms. The first-order valence-corrected chi connectivity index (χ1v) is 7.06. The van der Waals surface area contributed by atoms with Crippen molar-refractivity contribution < 1.29 is 14.6 Å². The summed E-state index contributed by atoms with van der Waals surface area (Å²) < 4.78 is 5.21. The predicted octanol–water partition coefficient (Wildman–Crippen LogP) is 4.16. The van der Waals surface area contributed by atoms with Gasteiger partial charge in [-0.3, -0.25) is 0 Å². The van der Waals surface area contributed by atoms with Crippen LogP contribution in [-0.4, -0.2) is 17.2 Å². The minimum atomic E-state index is -0.349. The molecule has 0 saturated heterocycles. The molecule has 0 bridgehead atoms. The summed E-state index contributed by atoms with van der Waals surface area (Å²) in [5.41, 5.74) is 2.35. The van der Waals surface area contributed by atoms with Gasteiger partial charge in [-0.15, -0.1) is 0 Å². The molecule has 0 aromatic heterocycles. The van der Waals surface area contributed by atoms with Gasteiger partial charge in [0.25, 0.3) is 0 Å². The van der Waals surface area contributed by atoms with E-state index < -0.39 is 0 Å². The number of hydrogen-bond acceptors (Lipinski definition) is 3. The molecule has 1 N–H and O–H groups in total. The fraction of sp³-hybridized carbons (Fsp3) is 0.471. The molecule has 0 aliphatic heterocycles. The van der Waals surface area contributed by atoms with E-state index in [2.05, 4.69) is 19.9 Å². The maximum absolute atomic E-state index is 12.0. The SMILES string of the molecule is CC(C)OC(=O)c1ccc(O)c(C2=CCCC2(C)C)c1. The molecule has 3 nitrogen and oxygen atoms in total. The fourth-order valence-electron chi connectivity index (χ4n) is 2.62. The van der Waals surface area contributed by atoms with Crippen molar-refractivity contribution in [1.82, 2.24) is 0 Å². The lowest BCUT2D eigenvalue weighted by Gasteiger charge is -2.23. The van der Waals surface area contributed by atoms with E-state index in [1.807, 2.05) is 13.8 Å². The van der Waals surface area contributed by atoms with Gasteiger partial charge in [-0.2, -0.15) is 0 Å². The van der Waals surface area contributed by atoms with Gasteiger partial charge in [-0.05, 0) is 55.9 Å². The van der Waals surface area contributed by atoms with Gasteiger partial charge in [0.15, 0.2) is 0 Å². The summed E-state index contributed by atoms with van der Waals surface area (Å²) >= 11 is 0. The number of carbonyl (C=O) groups excluding carboxylic acids is 1. The molecule has 0 unspecified atom stereocenters. The first-order valence-electron chi connectivity index (χ1n) is 7.06. The third kappa shape index (κ3) is 2.87. The second-order valence-electron chi connectivity index (χ2n) is 6.23. The number of rotatable bonds is 3. The molecule has 108 valence electrons. The molecule has 2 rings (SSSR count). The number of ether oxygens (including phenoxy) is 1. The number of hydrogen-bond donors (Lipinski definition) is 1. The molecule has 0 amide bonds. The molecule has 0 saturated carbocycles. The van der Waals surface area contributed by atoms with Crippen LogP contribution in [0.25, 0.3) is 5.57 Å². The summed E-state index contributed by atoms with van der Waals surface area (Å²) in [4.78, 5) is 12.0. The Morgan fingerprint density at radius 3 is 2.60 bits per heavy atom. The van der Waals surface area contributed by atoms with Crippen LogP contribution in [0.5, 0.6) is 5.75 Å². The van der Waals surface area contributed by atoms with Crippen LogP contribution in [0.2, 0.25) is 0 Å². The van der Waals surface area contributed by atoms with Gasteiger partial charge in [0.2, 0.25) is 0 Å². The Hall–Kier alpha value is -1.77. The summed E-state index contributed by atoms with van der Waals surface area (Å²) in [5, 5.41) is 10.1. The molecule has 0 spiro atoms. The molecule has 1 aromatic rings. The Morgan fingerprint density at radius 2 is 2.05 bits per heavy atom. The zero-order chi connectivity index (χ0) is 14.9. The van der Waals surface area contributed by atoms with Crippen LogP contribution in [0.4, 0.5) is 0 Å². The zero-order valence-corrected chi connectivity index (χ0v) is 12.6. The standard InChI is InChI=1S/C17H22O3/c1-11(2)20-16(19)12-7-8-15(18)13(10-12)14-6-5-9-17(14,3)4/h6-8,10-11,18H,5,9H2,1-4H3. The van der Waals surface area contributed by atoms with Crippen molar-refractivity contribution in [3.05, 3.63) is 35.4 Å². The quantitative estimate of drug-likeness (QED) is 0.842. The molecular formula is C17H22O3. The maximum Gasteiger partial charge on any atom is 0.338 e. The number of benzene rings is 1. The van der Waals surface area contributed by atoms with Crippen LogP contribution < -0.4 is 0 Å². The molecule has 1 aliphatic rings. The number of phenols is 1. The Labute approximate surface area is 120 Å². The van der Waals surface area contributed by atoms with E-state index in [4.69, 9.17) is 4.74 Å². The summed E-state index contributed by atoms with van der Waals surface area (Å²) in [5.74, 6) is -0.134. The molecule has 0 heterocycles. The molecule has 0 radical (unpaired) electrons.